The molecule has 1 aliphatic heterocycles. The van der Waals surface area contributed by atoms with E-state index in [0.29, 0.717) is 4.90 Å². The van der Waals surface area contributed by atoms with Gasteiger partial charge in [-0.15, -0.1) is 0 Å². The molecule has 0 aliphatic carbocycles. The van der Waals surface area contributed by atoms with Crippen LogP contribution in [0, 0.1) is 0 Å². The van der Waals surface area contributed by atoms with Crippen LogP contribution in [0.15, 0.2) is 53.4 Å². The van der Waals surface area contributed by atoms with E-state index < -0.39 is 28.4 Å². The van der Waals surface area contributed by atoms with Crippen molar-refractivity contribution in [2.24, 2.45) is 0 Å². The number of sulfonamides is 1. The van der Waals surface area contributed by atoms with Crippen molar-refractivity contribution < 1.29 is 8.42 Å². The second-order valence-electron chi connectivity index (χ2n) is 9.18. The van der Waals surface area contributed by atoms with E-state index in [0.717, 1.165) is 11.1 Å². The van der Waals surface area contributed by atoms with Gasteiger partial charge in [0.2, 0.25) is 0 Å². The summed E-state index contributed by atoms with van der Waals surface area (Å²) in [6, 6.07) is 16.4. The van der Waals surface area contributed by atoms with Gasteiger partial charge in [0, 0.05) is 0 Å². The number of nitrogens with zero attached hydrogens (tertiary/aromatic N) is 1. The van der Waals surface area contributed by atoms with Crippen LogP contribution >= 0.6 is 0 Å². The predicted molar refractivity (Wildman–Crippen MR) is 134 cm³/mol. The third-order valence-corrected chi connectivity index (χ3v) is 24.6. The van der Waals surface area contributed by atoms with E-state index in [9.17, 15) is 8.42 Å². The zero-order chi connectivity index (χ0) is 22.5. The van der Waals surface area contributed by atoms with Crippen LogP contribution < -0.4 is 3.58 Å². The first kappa shape index (κ1) is 24.8. The van der Waals surface area contributed by atoms with Gasteiger partial charge in [-0.3, -0.25) is 0 Å². The van der Waals surface area contributed by atoms with Crippen LogP contribution in [0.2, 0.25) is 13.3 Å². The summed E-state index contributed by atoms with van der Waals surface area (Å²) < 4.78 is 33.5. The summed E-state index contributed by atoms with van der Waals surface area (Å²) in [6.07, 6.45) is 7.76. The molecular weight excluding hydrogens is 509 g/mol. The van der Waals surface area contributed by atoms with Gasteiger partial charge in [0.15, 0.2) is 0 Å². The number of benzene rings is 2. The zero-order valence-electron chi connectivity index (χ0n) is 19.7. The van der Waals surface area contributed by atoms with E-state index in [1.54, 1.807) is 21.0 Å². The molecule has 170 valence electrons. The Morgan fingerprint density at radius 1 is 0.839 bits per heavy atom. The molecule has 0 amide bonds. The Morgan fingerprint density at radius 3 is 2.00 bits per heavy atom. The maximum absolute atomic E-state index is 13.0. The first-order valence-electron chi connectivity index (χ1n) is 12.1. The van der Waals surface area contributed by atoms with Crippen molar-refractivity contribution in [2.75, 3.05) is 7.05 Å². The Kier molecular flexibility index (Phi) is 8.67. The molecule has 1 unspecified atom stereocenters. The summed E-state index contributed by atoms with van der Waals surface area (Å²) in [7, 11) is -1.69. The normalized spacial score (nSPS) is 18.3. The summed E-state index contributed by atoms with van der Waals surface area (Å²) in [4.78, 5) is 0.464. The SMILES string of the molecule is CCC[CH2][Sn]([CH2]CCC)([CH2]CCC)[c]1cccc(C2c3ccccc3S(=O)(=O)N2C)c1. The fourth-order valence-corrected chi connectivity index (χ4v) is 22.8. The number of rotatable bonds is 11. The average Bonchev–Trinajstić information content (AvgIpc) is 2.99. The molecule has 2 aromatic rings. The number of hydrogen-bond donors (Lipinski definition) is 0. The summed E-state index contributed by atoms with van der Waals surface area (Å²) >= 11 is -2.57. The molecule has 2 aromatic carbocycles. The molecule has 1 aliphatic rings. The average molecular weight is 548 g/mol. The van der Waals surface area contributed by atoms with Crippen molar-refractivity contribution in [1.29, 1.82) is 0 Å². The standard InChI is InChI=1S/C14H12NO2S.3C4H9.Sn/c1-15-14(11-7-3-2-4-8-11)12-9-5-6-10-13(12)18(15,16)17;3*1-3-4-2;/h2-3,5-10,14H,1H3;3*1,3-4H2,2H3;. The summed E-state index contributed by atoms with van der Waals surface area (Å²) in [5.41, 5.74) is 2.05. The van der Waals surface area contributed by atoms with Crippen LogP contribution in [0.1, 0.15) is 76.5 Å². The van der Waals surface area contributed by atoms with Crippen LogP contribution in [-0.4, -0.2) is 38.1 Å². The minimum atomic E-state index is -3.42. The molecule has 1 heterocycles. The predicted octanol–water partition coefficient (Wildman–Crippen LogP) is 6.47. The van der Waals surface area contributed by atoms with Gasteiger partial charge >= 0.3 is 195 Å². The van der Waals surface area contributed by atoms with Gasteiger partial charge in [-0.1, -0.05) is 0 Å². The Labute approximate surface area is 194 Å². The molecular formula is C26H39NO2SSn. The van der Waals surface area contributed by atoms with Gasteiger partial charge in [0.1, 0.15) is 0 Å². The van der Waals surface area contributed by atoms with Crippen molar-refractivity contribution in [2.45, 2.75) is 83.5 Å². The first-order valence-corrected chi connectivity index (χ1v) is 21.0. The van der Waals surface area contributed by atoms with Crippen LogP contribution in [0.3, 0.4) is 0 Å². The van der Waals surface area contributed by atoms with E-state index in [1.165, 1.54) is 51.8 Å². The molecule has 1 atom stereocenters. The van der Waals surface area contributed by atoms with E-state index in [4.69, 9.17) is 0 Å². The maximum atomic E-state index is 13.0. The summed E-state index contributed by atoms with van der Waals surface area (Å²) in [5.74, 6) is 0. The second-order valence-corrected chi connectivity index (χ2v) is 24.4. The van der Waals surface area contributed by atoms with Crippen molar-refractivity contribution in [3.63, 3.8) is 0 Å². The quantitative estimate of drug-likeness (QED) is 0.302. The molecule has 0 fully saturated rings. The molecule has 0 radical (unpaired) electrons. The monoisotopic (exact) mass is 549 g/mol. The van der Waals surface area contributed by atoms with Crippen molar-refractivity contribution in [3.8, 4) is 0 Å². The van der Waals surface area contributed by atoms with Crippen LogP contribution in [0.5, 0.6) is 0 Å². The summed E-state index contributed by atoms with van der Waals surface area (Å²) in [5, 5.41) is 0. The number of fused-ring (bicyclic) bond motifs is 1. The van der Waals surface area contributed by atoms with E-state index >= 15 is 0 Å². The zero-order valence-corrected chi connectivity index (χ0v) is 23.4. The second kappa shape index (κ2) is 10.8. The van der Waals surface area contributed by atoms with Crippen molar-refractivity contribution in [1.82, 2.24) is 4.31 Å². The molecule has 0 N–H and O–H groups in total. The van der Waals surface area contributed by atoms with Gasteiger partial charge in [0.25, 0.3) is 0 Å². The Bertz CT molecular complexity index is 951. The molecule has 0 saturated carbocycles. The van der Waals surface area contributed by atoms with E-state index in [1.807, 2.05) is 18.2 Å². The number of unbranched alkanes of at least 4 members (excludes halogenated alkanes) is 3. The molecule has 5 heteroatoms. The van der Waals surface area contributed by atoms with Gasteiger partial charge in [-0.05, 0) is 0 Å². The molecule has 0 saturated heterocycles. The summed E-state index contributed by atoms with van der Waals surface area (Å²) in [6.45, 7) is 6.92. The third-order valence-electron chi connectivity index (χ3n) is 7.08. The van der Waals surface area contributed by atoms with Crippen LogP contribution in [0.4, 0.5) is 0 Å². The van der Waals surface area contributed by atoms with Crippen molar-refractivity contribution in [3.05, 3.63) is 59.7 Å². The Hall–Kier alpha value is -0.851. The first-order chi connectivity index (χ1) is 14.9. The molecule has 0 bridgehead atoms. The van der Waals surface area contributed by atoms with Crippen LogP contribution in [-0.2, 0) is 10.0 Å². The van der Waals surface area contributed by atoms with Crippen LogP contribution in [0.25, 0.3) is 0 Å². The molecule has 3 rings (SSSR count). The minimum absolute atomic E-state index is 0.214. The molecule has 0 spiro atoms. The van der Waals surface area contributed by atoms with Gasteiger partial charge < -0.3 is 0 Å². The third kappa shape index (κ3) is 5.06. The topological polar surface area (TPSA) is 37.4 Å². The van der Waals surface area contributed by atoms with E-state index in [-0.39, 0.29) is 6.04 Å². The fourth-order valence-electron chi connectivity index (χ4n) is 5.21. The van der Waals surface area contributed by atoms with Gasteiger partial charge in [-0.2, -0.15) is 0 Å². The molecule has 0 aromatic heterocycles. The Morgan fingerprint density at radius 2 is 1.42 bits per heavy atom. The number of hydrogen-bond acceptors (Lipinski definition) is 2. The Balaban J connectivity index is 2.07. The fraction of sp³-hybridized carbons (Fsp3) is 0.538. The van der Waals surface area contributed by atoms with E-state index in [2.05, 4.69) is 45.0 Å². The van der Waals surface area contributed by atoms with Gasteiger partial charge in [0.05, 0.1) is 0 Å². The van der Waals surface area contributed by atoms with Crippen molar-refractivity contribution >= 4 is 32.0 Å². The van der Waals surface area contributed by atoms with Gasteiger partial charge in [-0.25, -0.2) is 0 Å². The molecule has 31 heavy (non-hydrogen) atoms. The molecule has 3 nitrogen and oxygen atoms in total.